The van der Waals surface area contributed by atoms with Crippen LogP contribution in [0.15, 0.2) is 30.5 Å². The van der Waals surface area contributed by atoms with E-state index in [0.29, 0.717) is 28.8 Å². The summed E-state index contributed by atoms with van der Waals surface area (Å²) in [6, 6.07) is 6.45. The number of benzene rings is 1. The number of aryl methyl sites for hydroxylation is 2. The number of nitrogens with zero attached hydrogens (tertiary/aromatic N) is 3. The molecule has 0 amide bonds. The van der Waals surface area contributed by atoms with Crippen molar-refractivity contribution < 1.29 is 4.39 Å². The lowest BCUT2D eigenvalue weighted by molar-refractivity contribution is 0.616. The Morgan fingerprint density at radius 2 is 2.10 bits per heavy atom. The van der Waals surface area contributed by atoms with Crippen LogP contribution in [-0.4, -0.2) is 20.4 Å². The maximum absolute atomic E-state index is 14.3. The third kappa shape index (κ3) is 2.39. The number of fused-ring (bicyclic) bond motifs is 1. The molecule has 3 nitrogen and oxygen atoms in total. The highest BCUT2D eigenvalue weighted by molar-refractivity contribution is 6.32. The zero-order valence-electron chi connectivity index (χ0n) is 11.3. The lowest BCUT2D eigenvalue weighted by Crippen LogP contribution is -2.06. The lowest BCUT2D eigenvalue weighted by Gasteiger charge is -2.11. The number of hydrogen-bond donors (Lipinski definition) is 0. The van der Waals surface area contributed by atoms with Gasteiger partial charge in [0.2, 0.25) is 0 Å². The largest absolute Gasteiger partial charge is 0.276 e. The zero-order valence-corrected chi connectivity index (χ0v) is 12.8. The third-order valence-electron chi connectivity index (χ3n) is 3.30. The van der Waals surface area contributed by atoms with Crippen molar-refractivity contribution in [2.45, 2.75) is 13.3 Å². The van der Waals surface area contributed by atoms with Crippen LogP contribution >= 0.6 is 23.2 Å². The summed E-state index contributed by atoms with van der Waals surface area (Å²) in [6.45, 7) is 1.94. The summed E-state index contributed by atoms with van der Waals surface area (Å²) in [5.41, 5.74) is 2.56. The Labute approximate surface area is 131 Å². The second-order valence-electron chi connectivity index (χ2n) is 4.67. The van der Waals surface area contributed by atoms with Crippen LogP contribution in [0.4, 0.5) is 4.39 Å². The number of alkyl halides is 1. The summed E-state index contributed by atoms with van der Waals surface area (Å²) in [7, 11) is 0. The Morgan fingerprint density at radius 3 is 2.81 bits per heavy atom. The van der Waals surface area contributed by atoms with Gasteiger partial charge in [-0.1, -0.05) is 17.7 Å². The van der Waals surface area contributed by atoms with Crippen molar-refractivity contribution in [1.29, 1.82) is 0 Å². The molecule has 2 heterocycles. The molecule has 6 heteroatoms. The molecule has 3 aromatic rings. The van der Waals surface area contributed by atoms with E-state index < -0.39 is 5.82 Å². The zero-order chi connectivity index (χ0) is 15.0. The minimum absolute atomic E-state index is 0.264. The standard InChI is InChI=1S/C15H12Cl2FN3/c1-9-6-8-19-15-13(9)20-12(5-7-16)21(15)14-10(17)3-2-4-11(14)18/h2-4,6,8H,5,7H2,1H3. The van der Waals surface area contributed by atoms with E-state index >= 15 is 0 Å². The summed E-state index contributed by atoms with van der Waals surface area (Å²) in [4.78, 5) is 8.89. The van der Waals surface area contributed by atoms with E-state index in [1.54, 1.807) is 22.9 Å². The minimum Gasteiger partial charge on any atom is -0.276 e. The number of hydrogen-bond acceptors (Lipinski definition) is 2. The molecule has 0 aliphatic heterocycles. The molecule has 0 radical (unpaired) electrons. The number of halogens is 3. The van der Waals surface area contributed by atoms with Crippen LogP contribution in [0.5, 0.6) is 0 Å². The van der Waals surface area contributed by atoms with Gasteiger partial charge in [-0.15, -0.1) is 11.6 Å². The molecule has 2 aromatic heterocycles. The number of pyridine rings is 1. The van der Waals surface area contributed by atoms with Gasteiger partial charge in [-0.2, -0.15) is 0 Å². The molecule has 1 aromatic carbocycles. The molecule has 0 bridgehead atoms. The number of rotatable bonds is 3. The SMILES string of the molecule is Cc1ccnc2c1nc(CCCl)n2-c1c(F)cccc1Cl. The van der Waals surface area contributed by atoms with E-state index in [4.69, 9.17) is 23.2 Å². The van der Waals surface area contributed by atoms with Gasteiger partial charge >= 0.3 is 0 Å². The topological polar surface area (TPSA) is 30.7 Å². The van der Waals surface area contributed by atoms with E-state index in [1.807, 2.05) is 13.0 Å². The average Bonchev–Trinajstić information content (AvgIpc) is 2.80. The van der Waals surface area contributed by atoms with Crippen LogP contribution < -0.4 is 0 Å². The van der Waals surface area contributed by atoms with Crippen LogP contribution in [0.1, 0.15) is 11.4 Å². The number of imidazole rings is 1. The van der Waals surface area contributed by atoms with E-state index in [9.17, 15) is 4.39 Å². The van der Waals surface area contributed by atoms with Crippen LogP contribution in [-0.2, 0) is 6.42 Å². The van der Waals surface area contributed by atoms with Gasteiger partial charge in [-0.3, -0.25) is 4.57 Å². The van der Waals surface area contributed by atoms with Gasteiger partial charge in [0.15, 0.2) is 5.65 Å². The Kier molecular flexibility index (Phi) is 3.83. The molecule has 0 saturated carbocycles. The van der Waals surface area contributed by atoms with Crippen LogP contribution in [0.3, 0.4) is 0 Å². The van der Waals surface area contributed by atoms with Gasteiger partial charge in [0.1, 0.15) is 22.8 Å². The summed E-state index contributed by atoms with van der Waals surface area (Å²) in [5, 5.41) is 0.313. The van der Waals surface area contributed by atoms with Crippen molar-refractivity contribution >= 4 is 34.4 Å². The van der Waals surface area contributed by atoms with E-state index in [2.05, 4.69) is 9.97 Å². The second-order valence-corrected chi connectivity index (χ2v) is 5.46. The van der Waals surface area contributed by atoms with Crippen LogP contribution in [0.25, 0.3) is 16.9 Å². The highest BCUT2D eigenvalue weighted by Gasteiger charge is 2.19. The van der Waals surface area contributed by atoms with Gasteiger partial charge in [0, 0.05) is 18.5 Å². The smallest absolute Gasteiger partial charge is 0.165 e. The molecule has 0 aliphatic carbocycles. The maximum Gasteiger partial charge on any atom is 0.165 e. The van der Waals surface area contributed by atoms with Crippen LogP contribution in [0, 0.1) is 12.7 Å². The maximum atomic E-state index is 14.3. The van der Waals surface area contributed by atoms with E-state index in [-0.39, 0.29) is 5.69 Å². The predicted molar refractivity (Wildman–Crippen MR) is 83.0 cm³/mol. The minimum atomic E-state index is -0.416. The molecule has 0 atom stereocenters. The normalized spacial score (nSPS) is 11.2. The fourth-order valence-corrected chi connectivity index (χ4v) is 2.75. The molecule has 0 unspecified atom stereocenters. The molecule has 0 N–H and O–H groups in total. The van der Waals surface area contributed by atoms with Crippen molar-refractivity contribution in [1.82, 2.24) is 14.5 Å². The van der Waals surface area contributed by atoms with Crippen molar-refractivity contribution in [2.24, 2.45) is 0 Å². The first-order valence-corrected chi connectivity index (χ1v) is 7.38. The van der Waals surface area contributed by atoms with E-state index in [0.717, 1.165) is 11.1 Å². The Balaban J connectivity index is 2.40. The Bertz CT molecular complexity index is 794. The first-order chi connectivity index (χ1) is 10.1. The molecule has 0 saturated heterocycles. The van der Waals surface area contributed by atoms with Crippen LogP contribution in [0.2, 0.25) is 5.02 Å². The van der Waals surface area contributed by atoms with Crippen molar-refractivity contribution in [3.8, 4) is 5.69 Å². The van der Waals surface area contributed by atoms with Gasteiger partial charge in [0.25, 0.3) is 0 Å². The van der Waals surface area contributed by atoms with E-state index in [1.165, 1.54) is 6.07 Å². The molecule has 0 aliphatic rings. The first-order valence-electron chi connectivity index (χ1n) is 6.46. The molecule has 108 valence electrons. The molecule has 21 heavy (non-hydrogen) atoms. The second kappa shape index (κ2) is 5.62. The number of para-hydroxylation sites is 1. The lowest BCUT2D eigenvalue weighted by atomic mass is 10.2. The fourth-order valence-electron chi connectivity index (χ4n) is 2.33. The van der Waals surface area contributed by atoms with Crippen molar-refractivity contribution in [3.05, 3.63) is 52.7 Å². The summed E-state index contributed by atoms with van der Waals surface area (Å²) in [5.74, 6) is 0.615. The average molecular weight is 324 g/mol. The molecule has 0 fully saturated rings. The van der Waals surface area contributed by atoms with Gasteiger partial charge in [-0.05, 0) is 30.7 Å². The molecule has 3 rings (SSSR count). The Hall–Kier alpha value is -1.65. The Morgan fingerprint density at radius 1 is 1.29 bits per heavy atom. The van der Waals surface area contributed by atoms with Crippen molar-refractivity contribution in [2.75, 3.05) is 5.88 Å². The third-order valence-corrected chi connectivity index (χ3v) is 3.79. The van der Waals surface area contributed by atoms with Gasteiger partial charge in [-0.25, -0.2) is 14.4 Å². The highest BCUT2D eigenvalue weighted by atomic mass is 35.5. The first kappa shape index (κ1) is 14.3. The molecule has 0 spiro atoms. The van der Waals surface area contributed by atoms with Gasteiger partial charge in [0.05, 0.1) is 5.02 Å². The fraction of sp³-hybridized carbons (Fsp3) is 0.200. The summed E-state index contributed by atoms with van der Waals surface area (Å²) >= 11 is 12.0. The van der Waals surface area contributed by atoms with Gasteiger partial charge < -0.3 is 0 Å². The number of aromatic nitrogens is 3. The summed E-state index contributed by atoms with van der Waals surface area (Å²) < 4.78 is 15.9. The predicted octanol–water partition coefficient (Wildman–Crippen LogP) is 4.30. The molecular weight excluding hydrogens is 312 g/mol. The quantitative estimate of drug-likeness (QED) is 0.673. The highest BCUT2D eigenvalue weighted by Crippen LogP contribution is 2.29. The molecular formula is C15H12Cl2FN3. The van der Waals surface area contributed by atoms with Crippen molar-refractivity contribution in [3.63, 3.8) is 0 Å². The summed E-state index contributed by atoms with van der Waals surface area (Å²) in [6.07, 6.45) is 2.18. The monoisotopic (exact) mass is 323 g/mol.